The molecule has 0 heterocycles. The lowest BCUT2D eigenvalue weighted by molar-refractivity contribution is 0.563. The second-order valence-electron chi connectivity index (χ2n) is 3.52. The van der Waals surface area contributed by atoms with Crippen LogP contribution in [0.3, 0.4) is 0 Å². The molecule has 88 valence electrons. The van der Waals surface area contributed by atoms with Crippen LogP contribution in [0.2, 0.25) is 0 Å². The maximum absolute atomic E-state index is 11.9. The minimum Gasteiger partial charge on any atom is -0.207 e. The molecular weight excluding hydrogens is 238 g/mol. The van der Waals surface area contributed by atoms with Crippen LogP contribution in [0, 0.1) is 22.7 Å². The quantitative estimate of drug-likeness (QED) is 0.865. The van der Waals surface area contributed by atoms with Crippen molar-refractivity contribution in [2.45, 2.75) is 24.3 Å². The summed E-state index contributed by atoms with van der Waals surface area (Å²) in [4.78, 5) is 0.0290. The Morgan fingerprint density at radius 1 is 1.41 bits per heavy atom. The first kappa shape index (κ1) is 13.2. The van der Waals surface area contributed by atoms with Crippen LogP contribution in [0.15, 0.2) is 29.2 Å². The van der Waals surface area contributed by atoms with Crippen molar-refractivity contribution < 1.29 is 8.42 Å². The van der Waals surface area contributed by atoms with Crippen molar-refractivity contribution in [3.8, 4) is 12.1 Å². The molecule has 1 unspecified atom stereocenters. The number of nitrogens with zero attached hydrogens (tertiary/aromatic N) is 2. The van der Waals surface area contributed by atoms with Crippen LogP contribution in [0.1, 0.15) is 18.9 Å². The molecule has 0 aliphatic carbocycles. The van der Waals surface area contributed by atoms with E-state index in [2.05, 4.69) is 4.72 Å². The van der Waals surface area contributed by atoms with Crippen molar-refractivity contribution in [2.75, 3.05) is 0 Å². The molecule has 1 rings (SSSR count). The molecule has 0 spiro atoms. The Morgan fingerprint density at radius 2 is 2.12 bits per heavy atom. The summed E-state index contributed by atoms with van der Waals surface area (Å²) >= 11 is 0. The van der Waals surface area contributed by atoms with Crippen molar-refractivity contribution >= 4 is 10.0 Å². The molecule has 0 saturated carbocycles. The topological polar surface area (TPSA) is 93.8 Å². The number of hydrogen-bond donors (Lipinski definition) is 1. The van der Waals surface area contributed by atoms with Crippen molar-refractivity contribution in [1.29, 1.82) is 10.5 Å². The van der Waals surface area contributed by atoms with Crippen LogP contribution in [0.5, 0.6) is 0 Å². The highest BCUT2D eigenvalue weighted by Crippen LogP contribution is 2.11. The molecule has 0 saturated heterocycles. The minimum atomic E-state index is -3.67. The van der Waals surface area contributed by atoms with Gasteiger partial charge in [0.2, 0.25) is 10.0 Å². The lowest BCUT2D eigenvalue weighted by atomic mass is 10.2. The molecule has 0 bridgehead atoms. The number of nitriles is 2. The summed E-state index contributed by atoms with van der Waals surface area (Å²) in [6, 6.07) is 9.02. The van der Waals surface area contributed by atoms with Gasteiger partial charge in [0.25, 0.3) is 0 Å². The maximum atomic E-state index is 11.9. The molecule has 1 aromatic rings. The second kappa shape index (κ2) is 5.44. The molecule has 0 aliphatic rings. The summed E-state index contributed by atoms with van der Waals surface area (Å²) < 4.78 is 26.1. The molecule has 1 atom stereocenters. The maximum Gasteiger partial charge on any atom is 0.240 e. The van der Waals surface area contributed by atoms with Gasteiger partial charge in [0.15, 0.2) is 0 Å². The Bertz CT molecular complexity index is 581. The molecule has 0 aromatic heterocycles. The third-order valence-electron chi connectivity index (χ3n) is 2.03. The van der Waals surface area contributed by atoms with Gasteiger partial charge < -0.3 is 0 Å². The first-order chi connectivity index (χ1) is 7.99. The first-order valence-electron chi connectivity index (χ1n) is 4.89. The van der Waals surface area contributed by atoms with E-state index in [-0.39, 0.29) is 16.9 Å². The monoisotopic (exact) mass is 249 g/mol. The highest BCUT2D eigenvalue weighted by molar-refractivity contribution is 7.89. The van der Waals surface area contributed by atoms with Gasteiger partial charge in [-0.1, -0.05) is 6.07 Å². The number of benzene rings is 1. The van der Waals surface area contributed by atoms with Crippen LogP contribution < -0.4 is 4.72 Å². The fraction of sp³-hybridized carbons (Fsp3) is 0.273. The minimum absolute atomic E-state index is 0.0290. The summed E-state index contributed by atoms with van der Waals surface area (Å²) in [6.45, 7) is 1.61. The molecule has 5 nitrogen and oxygen atoms in total. The number of rotatable bonds is 4. The molecule has 6 heteroatoms. The van der Waals surface area contributed by atoms with Gasteiger partial charge in [-0.25, -0.2) is 13.1 Å². The van der Waals surface area contributed by atoms with E-state index in [4.69, 9.17) is 10.5 Å². The second-order valence-corrected chi connectivity index (χ2v) is 5.24. The SMILES string of the molecule is CC(CC#N)NS(=O)(=O)c1cccc(C#N)c1. The zero-order chi connectivity index (χ0) is 12.9. The van der Waals surface area contributed by atoms with E-state index in [1.165, 1.54) is 24.3 Å². The van der Waals surface area contributed by atoms with E-state index < -0.39 is 16.1 Å². The zero-order valence-corrected chi connectivity index (χ0v) is 10.0. The zero-order valence-electron chi connectivity index (χ0n) is 9.21. The summed E-state index contributed by atoms with van der Waals surface area (Å²) in [5, 5.41) is 17.1. The number of hydrogen-bond acceptors (Lipinski definition) is 4. The average Bonchev–Trinajstić information content (AvgIpc) is 2.28. The molecule has 0 aliphatic heterocycles. The van der Waals surface area contributed by atoms with Gasteiger partial charge in [0.05, 0.1) is 29.0 Å². The average molecular weight is 249 g/mol. The van der Waals surface area contributed by atoms with Gasteiger partial charge in [0, 0.05) is 6.04 Å². The van der Waals surface area contributed by atoms with E-state index in [1.807, 2.05) is 12.1 Å². The molecular formula is C11H11N3O2S. The van der Waals surface area contributed by atoms with Crippen LogP contribution in [-0.2, 0) is 10.0 Å². The van der Waals surface area contributed by atoms with Gasteiger partial charge >= 0.3 is 0 Å². The Labute approximate surface area is 100 Å². The number of sulfonamides is 1. The number of nitrogens with one attached hydrogen (secondary N) is 1. The molecule has 0 radical (unpaired) electrons. The predicted octanol–water partition coefficient (Wildman–Crippen LogP) is 1.14. The third-order valence-corrected chi connectivity index (χ3v) is 3.61. The van der Waals surface area contributed by atoms with Gasteiger partial charge in [0.1, 0.15) is 0 Å². The molecule has 0 fully saturated rings. The Morgan fingerprint density at radius 3 is 2.71 bits per heavy atom. The van der Waals surface area contributed by atoms with Gasteiger partial charge in [-0.05, 0) is 25.1 Å². The highest BCUT2D eigenvalue weighted by atomic mass is 32.2. The summed E-state index contributed by atoms with van der Waals surface area (Å²) in [6.07, 6.45) is 0.0944. The standard InChI is InChI=1S/C11H11N3O2S/c1-9(5-6-12)14-17(15,16)11-4-2-3-10(7-11)8-13/h2-4,7,9,14H,5H2,1H3. The van der Waals surface area contributed by atoms with Crippen molar-refractivity contribution in [3.63, 3.8) is 0 Å². The van der Waals surface area contributed by atoms with Crippen molar-refractivity contribution in [2.24, 2.45) is 0 Å². The third kappa shape index (κ3) is 3.56. The molecule has 1 N–H and O–H groups in total. The van der Waals surface area contributed by atoms with Crippen molar-refractivity contribution in [3.05, 3.63) is 29.8 Å². The smallest absolute Gasteiger partial charge is 0.207 e. The molecule has 0 amide bonds. The van der Waals surface area contributed by atoms with E-state index >= 15 is 0 Å². The Hall–Kier alpha value is -1.89. The summed E-state index contributed by atoms with van der Waals surface area (Å²) in [7, 11) is -3.67. The summed E-state index contributed by atoms with van der Waals surface area (Å²) in [5.41, 5.74) is 0.279. The van der Waals surface area contributed by atoms with E-state index in [0.717, 1.165) is 0 Å². The fourth-order valence-corrected chi connectivity index (χ4v) is 2.53. The van der Waals surface area contributed by atoms with Crippen LogP contribution in [0.25, 0.3) is 0 Å². The van der Waals surface area contributed by atoms with Gasteiger partial charge in [-0.2, -0.15) is 10.5 Å². The fourth-order valence-electron chi connectivity index (χ4n) is 1.24. The van der Waals surface area contributed by atoms with Crippen LogP contribution in [0.4, 0.5) is 0 Å². The molecule has 1 aromatic carbocycles. The Kier molecular flexibility index (Phi) is 4.22. The predicted molar refractivity (Wildman–Crippen MR) is 61.2 cm³/mol. The largest absolute Gasteiger partial charge is 0.240 e. The first-order valence-corrected chi connectivity index (χ1v) is 6.37. The lowest BCUT2D eigenvalue weighted by Gasteiger charge is -2.11. The highest BCUT2D eigenvalue weighted by Gasteiger charge is 2.17. The van der Waals surface area contributed by atoms with Crippen LogP contribution in [-0.4, -0.2) is 14.5 Å². The van der Waals surface area contributed by atoms with E-state index in [1.54, 1.807) is 6.92 Å². The Balaban J connectivity index is 2.98. The van der Waals surface area contributed by atoms with E-state index in [0.29, 0.717) is 0 Å². The lowest BCUT2D eigenvalue weighted by Crippen LogP contribution is -2.32. The van der Waals surface area contributed by atoms with Gasteiger partial charge in [-0.3, -0.25) is 0 Å². The normalized spacial score (nSPS) is 12.4. The van der Waals surface area contributed by atoms with Crippen LogP contribution >= 0.6 is 0 Å². The summed E-state index contributed by atoms with van der Waals surface area (Å²) in [5.74, 6) is 0. The molecule has 17 heavy (non-hydrogen) atoms. The van der Waals surface area contributed by atoms with Crippen molar-refractivity contribution in [1.82, 2.24) is 4.72 Å². The van der Waals surface area contributed by atoms with Gasteiger partial charge in [-0.15, -0.1) is 0 Å². The van der Waals surface area contributed by atoms with E-state index in [9.17, 15) is 8.42 Å².